The van der Waals surface area contributed by atoms with Crippen molar-refractivity contribution >= 4 is 23.2 Å². The molecule has 2 aromatic carbocycles. The van der Waals surface area contributed by atoms with E-state index in [2.05, 4.69) is 17.2 Å². The van der Waals surface area contributed by atoms with Gasteiger partial charge in [0, 0.05) is 17.7 Å². The molecule has 0 heterocycles. The molecular weight excluding hydrogens is 304 g/mol. The Morgan fingerprint density at radius 3 is 2.64 bits per heavy atom. The molecular formula is C16H11ClN2O3. The number of nitro benzene ring substituents is 1. The van der Waals surface area contributed by atoms with E-state index in [4.69, 9.17) is 11.6 Å². The van der Waals surface area contributed by atoms with Crippen LogP contribution in [0.2, 0.25) is 5.02 Å². The number of nitro groups is 1. The largest absolute Gasteiger partial charge is 0.341 e. The number of hydrogen-bond donors (Lipinski definition) is 1. The number of nitrogens with zero attached hydrogens (tertiary/aromatic N) is 1. The predicted molar refractivity (Wildman–Crippen MR) is 83.8 cm³/mol. The normalized spacial score (nSPS) is 9.50. The molecule has 0 aliphatic rings. The Balaban J connectivity index is 2.03. The zero-order valence-corrected chi connectivity index (χ0v) is 12.1. The number of nitrogens with one attached hydrogen (secondary N) is 1. The topological polar surface area (TPSA) is 72.2 Å². The summed E-state index contributed by atoms with van der Waals surface area (Å²) in [5.74, 6) is 5.19. The fraction of sp³-hybridized carbons (Fsp3) is 0.0625. The number of non-ortho nitro benzene ring substituents is 1. The van der Waals surface area contributed by atoms with E-state index in [1.807, 2.05) is 30.3 Å². The average Bonchev–Trinajstić information content (AvgIpc) is 2.52. The highest BCUT2D eigenvalue weighted by Crippen LogP contribution is 2.21. The first-order valence-corrected chi connectivity index (χ1v) is 6.72. The maximum Gasteiger partial charge on any atom is 0.270 e. The summed E-state index contributed by atoms with van der Waals surface area (Å²) < 4.78 is 0. The lowest BCUT2D eigenvalue weighted by Crippen LogP contribution is -2.24. The van der Waals surface area contributed by atoms with Crippen LogP contribution in [0.25, 0.3) is 0 Å². The molecule has 2 aromatic rings. The van der Waals surface area contributed by atoms with Gasteiger partial charge in [-0.15, -0.1) is 0 Å². The Kier molecular flexibility index (Phi) is 5.12. The fourth-order valence-electron chi connectivity index (χ4n) is 1.69. The summed E-state index contributed by atoms with van der Waals surface area (Å²) in [6.07, 6.45) is 0. The zero-order chi connectivity index (χ0) is 15.9. The molecule has 2 rings (SSSR count). The standard InChI is InChI=1S/C16H11ClN2O3/c17-15-9-8-13(19(21)22)11-14(15)16(20)18-10-4-7-12-5-2-1-3-6-12/h1-3,5-6,8-9,11H,10H2,(H,18,20). The van der Waals surface area contributed by atoms with E-state index >= 15 is 0 Å². The van der Waals surface area contributed by atoms with Gasteiger partial charge in [-0.2, -0.15) is 0 Å². The molecule has 0 radical (unpaired) electrons. The summed E-state index contributed by atoms with van der Waals surface area (Å²) in [4.78, 5) is 22.1. The molecule has 0 fully saturated rings. The molecule has 6 heteroatoms. The summed E-state index contributed by atoms with van der Waals surface area (Å²) >= 11 is 5.88. The molecule has 0 saturated heterocycles. The van der Waals surface area contributed by atoms with Gasteiger partial charge in [0.05, 0.1) is 22.1 Å². The minimum Gasteiger partial charge on any atom is -0.341 e. The number of carbonyl (C=O) groups excluding carboxylic acids is 1. The van der Waals surface area contributed by atoms with Gasteiger partial charge >= 0.3 is 0 Å². The van der Waals surface area contributed by atoms with E-state index in [1.165, 1.54) is 12.1 Å². The van der Waals surface area contributed by atoms with Crippen molar-refractivity contribution in [1.29, 1.82) is 0 Å². The Labute approximate surface area is 132 Å². The van der Waals surface area contributed by atoms with Gasteiger partial charge in [0.1, 0.15) is 0 Å². The quantitative estimate of drug-likeness (QED) is 0.537. The van der Waals surface area contributed by atoms with Gasteiger partial charge in [0.15, 0.2) is 0 Å². The fourth-order valence-corrected chi connectivity index (χ4v) is 1.89. The molecule has 0 aliphatic carbocycles. The van der Waals surface area contributed by atoms with Crippen LogP contribution in [-0.4, -0.2) is 17.4 Å². The van der Waals surface area contributed by atoms with Crippen LogP contribution in [0.5, 0.6) is 0 Å². The van der Waals surface area contributed by atoms with E-state index in [-0.39, 0.29) is 22.8 Å². The van der Waals surface area contributed by atoms with E-state index < -0.39 is 10.8 Å². The molecule has 0 aromatic heterocycles. The average molecular weight is 315 g/mol. The second-order valence-corrected chi connectivity index (χ2v) is 4.68. The van der Waals surface area contributed by atoms with Gasteiger partial charge in [-0.05, 0) is 18.2 Å². The molecule has 110 valence electrons. The van der Waals surface area contributed by atoms with Crippen LogP contribution in [0.4, 0.5) is 5.69 Å². The summed E-state index contributed by atoms with van der Waals surface area (Å²) in [6.45, 7) is 0.118. The molecule has 1 N–H and O–H groups in total. The van der Waals surface area contributed by atoms with Gasteiger partial charge in [-0.25, -0.2) is 0 Å². The Hall–Kier alpha value is -2.84. The Morgan fingerprint density at radius 1 is 1.23 bits per heavy atom. The molecule has 22 heavy (non-hydrogen) atoms. The lowest BCUT2D eigenvalue weighted by molar-refractivity contribution is -0.384. The van der Waals surface area contributed by atoms with Crippen molar-refractivity contribution in [2.24, 2.45) is 0 Å². The summed E-state index contributed by atoms with van der Waals surface area (Å²) in [5.41, 5.74) is 0.701. The number of amides is 1. The molecule has 0 spiro atoms. The first-order valence-electron chi connectivity index (χ1n) is 6.34. The lowest BCUT2D eigenvalue weighted by Gasteiger charge is -2.03. The minimum atomic E-state index is -0.581. The third kappa shape index (κ3) is 4.08. The van der Waals surface area contributed by atoms with Crippen molar-refractivity contribution < 1.29 is 9.72 Å². The van der Waals surface area contributed by atoms with Crippen molar-refractivity contribution in [3.05, 3.63) is 74.8 Å². The van der Waals surface area contributed by atoms with Gasteiger partial charge in [-0.3, -0.25) is 14.9 Å². The van der Waals surface area contributed by atoms with Crippen LogP contribution in [0.3, 0.4) is 0 Å². The minimum absolute atomic E-state index is 0.0531. The maximum atomic E-state index is 12.0. The Bertz CT molecular complexity index is 764. The number of hydrogen-bond acceptors (Lipinski definition) is 3. The van der Waals surface area contributed by atoms with Crippen molar-refractivity contribution in [2.45, 2.75) is 0 Å². The van der Waals surface area contributed by atoms with E-state index in [0.29, 0.717) is 0 Å². The highest BCUT2D eigenvalue weighted by molar-refractivity contribution is 6.33. The van der Waals surface area contributed by atoms with Crippen LogP contribution < -0.4 is 5.32 Å². The van der Waals surface area contributed by atoms with Gasteiger partial charge in [0.2, 0.25) is 0 Å². The second kappa shape index (κ2) is 7.25. The van der Waals surface area contributed by atoms with E-state index in [1.54, 1.807) is 0 Å². The molecule has 0 aliphatic heterocycles. The van der Waals surface area contributed by atoms with E-state index in [9.17, 15) is 14.9 Å². The van der Waals surface area contributed by atoms with Crippen molar-refractivity contribution in [3.63, 3.8) is 0 Å². The number of benzene rings is 2. The highest BCUT2D eigenvalue weighted by atomic mass is 35.5. The molecule has 0 bridgehead atoms. The summed E-state index contributed by atoms with van der Waals surface area (Å²) in [7, 11) is 0. The Morgan fingerprint density at radius 2 is 1.95 bits per heavy atom. The van der Waals surface area contributed by atoms with E-state index in [0.717, 1.165) is 11.6 Å². The predicted octanol–water partition coefficient (Wildman–Crippen LogP) is 3.03. The highest BCUT2D eigenvalue weighted by Gasteiger charge is 2.15. The maximum absolute atomic E-state index is 12.0. The van der Waals surface area contributed by atoms with Crippen molar-refractivity contribution in [2.75, 3.05) is 6.54 Å². The van der Waals surface area contributed by atoms with Gasteiger partial charge < -0.3 is 5.32 Å². The number of carbonyl (C=O) groups is 1. The third-order valence-corrected chi connectivity index (χ3v) is 3.08. The molecule has 5 nitrogen and oxygen atoms in total. The monoisotopic (exact) mass is 314 g/mol. The van der Waals surface area contributed by atoms with Gasteiger partial charge in [0.25, 0.3) is 11.6 Å². The van der Waals surface area contributed by atoms with Gasteiger partial charge in [-0.1, -0.05) is 41.6 Å². The summed E-state index contributed by atoms with van der Waals surface area (Å²) in [6, 6.07) is 13.0. The van der Waals surface area contributed by atoms with Crippen molar-refractivity contribution in [3.8, 4) is 11.8 Å². The van der Waals surface area contributed by atoms with Crippen LogP contribution in [0, 0.1) is 22.0 Å². The van der Waals surface area contributed by atoms with Crippen LogP contribution >= 0.6 is 11.6 Å². The smallest absolute Gasteiger partial charge is 0.270 e. The van der Waals surface area contributed by atoms with Crippen molar-refractivity contribution in [1.82, 2.24) is 5.32 Å². The van der Waals surface area contributed by atoms with Crippen LogP contribution in [0.15, 0.2) is 48.5 Å². The summed E-state index contributed by atoms with van der Waals surface area (Å²) in [5, 5.41) is 13.4. The first kappa shape index (κ1) is 15.5. The molecule has 1 amide bonds. The molecule has 0 atom stereocenters. The molecule has 0 saturated carbocycles. The number of halogens is 1. The number of rotatable bonds is 3. The van der Waals surface area contributed by atoms with Crippen LogP contribution in [-0.2, 0) is 0 Å². The second-order valence-electron chi connectivity index (χ2n) is 4.27. The third-order valence-electron chi connectivity index (χ3n) is 2.75. The van der Waals surface area contributed by atoms with Crippen LogP contribution in [0.1, 0.15) is 15.9 Å². The first-order chi connectivity index (χ1) is 10.6. The SMILES string of the molecule is O=C(NCC#Cc1ccccc1)c1cc([N+](=O)[O-])ccc1Cl. The zero-order valence-electron chi connectivity index (χ0n) is 11.4. The lowest BCUT2D eigenvalue weighted by atomic mass is 10.2. The molecule has 0 unspecified atom stereocenters.